The zero-order valence-corrected chi connectivity index (χ0v) is 19.1. The number of amides is 2. The summed E-state index contributed by atoms with van der Waals surface area (Å²) in [5.41, 5.74) is 2.93. The minimum absolute atomic E-state index is 0.204. The van der Waals surface area contributed by atoms with Gasteiger partial charge in [0.05, 0.1) is 32.5 Å². The van der Waals surface area contributed by atoms with Gasteiger partial charge in [-0.2, -0.15) is 11.8 Å². The van der Waals surface area contributed by atoms with Crippen LogP contribution in [-0.2, 0) is 4.79 Å². The Labute approximate surface area is 194 Å². The number of hydrazine groups is 1. The number of nitrogens with zero attached hydrogens (tertiary/aromatic N) is 3. The Balaban J connectivity index is 1.76. The van der Waals surface area contributed by atoms with Crippen LogP contribution in [0.25, 0.3) is 10.9 Å². The maximum Gasteiger partial charge on any atom is 0.258 e. The van der Waals surface area contributed by atoms with Gasteiger partial charge < -0.3 is 5.32 Å². The van der Waals surface area contributed by atoms with Crippen molar-refractivity contribution in [2.75, 3.05) is 34.9 Å². The highest BCUT2D eigenvalue weighted by atomic mass is 35.5. The van der Waals surface area contributed by atoms with Gasteiger partial charge in [-0.1, -0.05) is 41.4 Å². The van der Waals surface area contributed by atoms with E-state index >= 15 is 0 Å². The molecule has 1 saturated heterocycles. The zero-order chi connectivity index (χ0) is 22.0. The smallest absolute Gasteiger partial charge is 0.258 e. The molecule has 3 aromatic rings. The summed E-state index contributed by atoms with van der Waals surface area (Å²) in [5, 5.41) is 7.88. The van der Waals surface area contributed by atoms with E-state index in [0.717, 1.165) is 47.6 Å². The molecule has 31 heavy (non-hydrogen) atoms. The summed E-state index contributed by atoms with van der Waals surface area (Å²) in [6.45, 7) is 3.49. The second-order valence-electron chi connectivity index (χ2n) is 7.06. The molecule has 1 aliphatic rings. The predicted molar refractivity (Wildman–Crippen MR) is 128 cm³/mol. The third-order valence-electron chi connectivity index (χ3n) is 5.11. The first-order valence-electron chi connectivity index (χ1n) is 9.72. The number of hydrogen-bond donors (Lipinski definition) is 1. The number of carbonyl (C=O) groups excluding carboxylic acids is 2. The monoisotopic (exact) mass is 474 g/mol. The van der Waals surface area contributed by atoms with E-state index in [1.54, 1.807) is 35.5 Å². The summed E-state index contributed by atoms with van der Waals surface area (Å²) in [4.78, 5) is 29.5. The Morgan fingerprint density at radius 2 is 1.84 bits per heavy atom. The average molecular weight is 475 g/mol. The van der Waals surface area contributed by atoms with Gasteiger partial charge in [0.15, 0.2) is 0 Å². The molecule has 9 heteroatoms. The molecule has 0 unspecified atom stereocenters. The van der Waals surface area contributed by atoms with Crippen LogP contribution in [0.5, 0.6) is 0 Å². The van der Waals surface area contributed by atoms with Gasteiger partial charge in [-0.25, -0.2) is 10.0 Å². The minimum atomic E-state index is -0.424. The lowest BCUT2D eigenvalue weighted by Gasteiger charge is -2.35. The lowest BCUT2D eigenvalue weighted by Crippen LogP contribution is -2.47. The number of para-hydroxylation sites is 1. The third kappa shape index (κ3) is 4.36. The van der Waals surface area contributed by atoms with E-state index in [2.05, 4.69) is 10.3 Å². The fraction of sp³-hybridized carbons (Fsp3) is 0.227. The van der Waals surface area contributed by atoms with Crippen molar-refractivity contribution in [2.45, 2.75) is 6.92 Å². The molecule has 2 heterocycles. The highest BCUT2D eigenvalue weighted by molar-refractivity contribution is 7.99. The molecule has 4 rings (SSSR count). The van der Waals surface area contributed by atoms with Crippen molar-refractivity contribution in [2.24, 2.45) is 0 Å². The molecule has 2 aromatic carbocycles. The topological polar surface area (TPSA) is 65.5 Å². The number of anilines is 2. The van der Waals surface area contributed by atoms with E-state index in [9.17, 15) is 9.59 Å². The number of thioether (sulfide) groups is 1. The standard InChI is InChI=1S/C22H20Cl2N4O2S/c1-14-12-25-20-15(21(14)28(13-29)27-8-10-31-11-9-27)4-2-7-18(20)26-22(30)19-16(23)5-3-6-17(19)24/h2-7,12-13H,8-11H2,1H3,(H,26,30). The summed E-state index contributed by atoms with van der Waals surface area (Å²) >= 11 is 14.2. The molecule has 1 N–H and O–H groups in total. The number of rotatable bonds is 5. The van der Waals surface area contributed by atoms with E-state index in [1.807, 2.05) is 35.8 Å². The van der Waals surface area contributed by atoms with Gasteiger partial charge in [-0.05, 0) is 30.7 Å². The largest absolute Gasteiger partial charge is 0.320 e. The van der Waals surface area contributed by atoms with E-state index in [4.69, 9.17) is 23.2 Å². The Hall–Kier alpha value is -2.32. The molecule has 6 nitrogen and oxygen atoms in total. The van der Waals surface area contributed by atoms with Crippen molar-refractivity contribution in [1.82, 2.24) is 9.99 Å². The lowest BCUT2D eigenvalue weighted by atomic mass is 10.1. The van der Waals surface area contributed by atoms with Crippen LogP contribution in [0, 0.1) is 6.92 Å². The highest BCUT2D eigenvalue weighted by Gasteiger charge is 2.23. The summed E-state index contributed by atoms with van der Waals surface area (Å²) in [5.74, 6) is 1.51. The van der Waals surface area contributed by atoms with E-state index in [-0.39, 0.29) is 15.6 Å². The number of benzene rings is 2. The highest BCUT2D eigenvalue weighted by Crippen LogP contribution is 2.34. The molecule has 0 saturated carbocycles. The fourth-order valence-corrected chi connectivity index (χ4v) is 5.10. The van der Waals surface area contributed by atoms with Gasteiger partial charge in [-0.3, -0.25) is 14.6 Å². The Bertz CT molecular complexity index is 1130. The Morgan fingerprint density at radius 1 is 1.16 bits per heavy atom. The predicted octanol–water partition coefficient (Wildman–Crippen LogP) is 5.03. The van der Waals surface area contributed by atoms with E-state index < -0.39 is 5.91 Å². The molecular formula is C22H20Cl2N4O2S. The maximum atomic E-state index is 12.9. The first-order valence-corrected chi connectivity index (χ1v) is 11.6. The first kappa shape index (κ1) is 21.9. The molecule has 1 fully saturated rings. The van der Waals surface area contributed by atoms with E-state index in [0.29, 0.717) is 11.2 Å². The number of nitrogens with one attached hydrogen (secondary N) is 1. The quantitative estimate of drug-likeness (QED) is 0.525. The number of aromatic nitrogens is 1. The molecule has 1 aliphatic heterocycles. The second kappa shape index (κ2) is 9.44. The Kier molecular flexibility index (Phi) is 6.67. The molecular weight excluding hydrogens is 455 g/mol. The van der Waals surface area contributed by atoms with Crippen LogP contribution in [0.3, 0.4) is 0 Å². The van der Waals surface area contributed by atoms with Crippen molar-refractivity contribution in [3.63, 3.8) is 0 Å². The molecule has 0 aliphatic carbocycles. The fourth-order valence-electron chi connectivity index (χ4n) is 3.64. The van der Waals surface area contributed by atoms with Gasteiger partial charge >= 0.3 is 0 Å². The minimum Gasteiger partial charge on any atom is -0.320 e. The van der Waals surface area contributed by atoms with Crippen LogP contribution in [0.4, 0.5) is 11.4 Å². The molecule has 0 bridgehead atoms. The number of aryl methyl sites for hydroxylation is 1. The van der Waals surface area contributed by atoms with Gasteiger partial charge in [0.2, 0.25) is 6.41 Å². The molecule has 0 spiro atoms. The molecule has 1 aromatic heterocycles. The van der Waals surface area contributed by atoms with Crippen molar-refractivity contribution < 1.29 is 9.59 Å². The SMILES string of the molecule is Cc1cnc2c(NC(=O)c3c(Cl)cccc3Cl)cccc2c1N(C=O)N1CCSCC1. The summed E-state index contributed by atoms with van der Waals surface area (Å²) in [6, 6.07) is 10.4. The third-order valence-corrected chi connectivity index (χ3v) is 6.68. The van der Waals surface area contributed by atoms with Crippen molar-refractivity contribution in [3.8, 4) is 0 Å². The van der Waals surface area contributed by atoms with Crippen molar-refractivity contribution in [3.05, 3.63) is 63.8 Å². The lowest BCUT2D eigenvalue weighted by molar-refractivity contribution is -0.110. The second-order valence-corrected chi connectivity index (χ2v) is 9.10. The van der Waals surface area contributed by atoms with Gasteiger partial charge in [-0.15, -0.1) is 0 Å². The van der Waals surface area contributed by atoms with Gasteiger partial charge in [0, 0.05) is 36.2 Å². The van der Waals surface area contributed by atoms with Crippen LogP contribution in [0.1, 0.15) is 15.9 Å². The number of hydrogen-bond acceptors (Lipinski definition) is 5. The van der Waals surface area contributed by atoms with Crippen LogP contribution in [0.15, 0.2) is 42.6 Å². The number of fused-ring (bicyclic) bond motifs is 1. The van der Waals surface area contributed by atoms with Crippen LogP contribution < -0.4 is 10.3 Å². The van der Waals surface area contributed by atoms with Crippen molar-refractivity contribution >= 4 is 69.6 Å². The Morgan fingerprint density at radius 3 is 2.52 bits per heavy atom. The number of pyridine rings is 1. The molecule has 2 amide bonds. The average Bonchev–Trinajstić information content (AvgIpc) is 2.76. The van der Waals surface area contributed by atoms with Crippen LogP contribution in [0.2, 0.25) is 10.0 Å². The molecule has 160 valence electrons. The molecule has 0 atom stereocenters. The summed E-state index contributed by atoms with van der Waals surface area (Å²) < 4.78 is 0. The van der Waals surface area contributed by atoms with Crippen molar-refractivity contribution in [1.29, 1.82) is 0 Å². The first-order chi connectivity index (χ1) is 15.0. The van der Waals surface area contributed by atoms with Crippen LogP contribution >= 0.6 is 35.0 Å². The van der Waals surface area contributed by atoms with E-state index in [1.165, 1.54) is 0 Å². The summed E-state index contributed by atoms with van der Waals surface area (Å²) in [7, 11) is 0. The maximum absolute atomic E-state index is 12.9. The summed E-state index contributed by atoms with van der Waals surface area (Å²) in [6.07, 6.45) is 2.55. The van der Waals surface area contributed by atoms with Gasteiger partial charge in [0.25, 0.3) is 5.91 Å². The normalized spacial score (nSPS) is 14.4. The zero-order valence-electron chi connectivity index (χ0n) is 16.8. The van der Waals surface area contributed by atoms with Gasteiger partial charge in [0.1, 0.15) is 0 Å². The van der Waals surface area contributed by atoms with Crippen LogP contribution in [-0.4, -0.2) is 46.9 Å². The number of halogens is 2. The molecule has 0 radical (unpaired) electrons. The number of carbonyl (C=O) groups is 2.